The van der Waals surface area contributed by atoms with Crippen LogP contribution in [0, 0.1) is 0 Å². The van der Waals surface area contributed by atoms with Crippen molar-refractivity contribution in [3.8, 4) is 0 Å². The number of amides is 2. The predicted octanol–water partition coefficient (Wildman–Crippen LogP) is 2.00. The van der Waals surface area contributed by atoms with Gasteiger partial charge in [0.05, 0.1) is 6.61 Å². The van der Waals surface area contributed by atoms with Crippen LogP contribution >= 0.6 is 0 Å². The number of hydrogen-bond donors (Lipinski definition) is 2. The molecule has 120 valence electrons. The fourth-order valence-corrected chi connectivity index (χ4v) is 1.69. The number of carbonyl (C=O) groups excluding carboxylic acids is 3. The quantitative estimate of drug-likeness (QED) is 0.212. The van der Waals surface area contributed by atoms with Crippen LogP contribution in [0.3, 0.4) is 0 Å². The van der Waals surface area contributed by atoms with E-state index in [-0.39, 0.29) is 6.61 Å². The lowest BCUT2D eigenvalue weighted by molar-refractivity contribution is -0.155. The van der Waals surface area contributed by atoms with Crippen molar-refractivity contribution in [2.75, 3.05) is 6.61 Å². The molecule has 0 bridgehead atoms. The second kappa shape index (κ2) is 13.1. The monoisotopic (exact) mass is 298 g/mol. The summed E-state index contributed by atoms with van der Waals surface area (Å²) in [6.45, 7) is 5.61. The second-order valence-electron chi connectivity index (χ2n) is 4.76. The first-order chi connectivity index (χ1) is 10.1. The van der Waals surface area contributed by atoms with Crippen LogP contribution in [-0.2, 0) is 19.1 Å². The minimum absolute atomic E-state index is 0.219. The van der Waals surface area contributed by atoms with Crippen LogP contribution in [0.2, 0.25) is 0 Å². The first kappa shape index (κ1) is 19.1. The van der Waals surface area contributed by atoms with Crippen LogP contribution in [0.4, 0.5) is 0 Å². The number of unbranched alkanes of at least 4 members (excludes halogenated alkanes) is 7. The highest BCUT2D eigenvalue weighted by Gasteiger charge is 2.14. The van der Waals surface area contributed by atoms with Gasteiger partial charge in [-0.2, -0.15) is 0 Å². The fourth-order valence-electron chi connectivity index (χ4n) is 1.69. The van der Waals surface area contributed by atoms with E-state index in [1.54, 1.807) is 0 Å². The Morgan fingerprint density at radius 2 is 1.52 bits per heavy atom. The number of esters is 1. The molecule has 0 aromatic rings. The summed E-state index contributed by atoms with van der Waals surface area (Å²) >= 11 is 0. The van der Waals surface area contributed by atoms with Crippen molar-refractivity contribution in [1.82, 2.24) is 10.9 Å². The van der Waals surface area contributed by atoms with Crippen LogP contribution in [0.1, 0.15) is 58.3 Å². The zero-order valence-corrected chi connectivity index (χ0v) is 12.8. The molecule has 2 amide bonds. The summed E-state index contributed by atoms with van der Waals surface area (Å²) in [4.78, 5) is 33.2. The van der Waals surface area contributed by atoms with Crippen molar-refractivity contribution in [2.24, 2.45) is 0 Å². The summed E-state index contributed by atoms with van der Waals surface area (Å²) in [7, 11) is 0. The van der Waals surface area contributed by atoms with E-state index in [0.29, 0.717) is 0 Å². The smallest absolute Gasteiger partial charge is 0.398 e. The van der Waals surface area contributed by atoms with Crippen LogP contribution in [0.25, 0.3) is 0 Å². The average Bonchev–Trinajstić information content (AvgIpc) is 2.50. The Morgan fingerprint density at radius 1 is 0.952 bits per heavy atom. The lowest BCUT2D eigenvalue weighted by Gasteiger charge is -2.06. The third-order valence-electron chi connectivity index (χ3n) is 2.90. The fraction of sp³-hybridized carbons (Fsp3) is 0.667. The summed E-state index contributed by atoms with van der Waals surface area (Å²) in [5.41, 5.74) is 3.92. The Bertz CT molecular complexity index is 343. The molecular weight excluding hydrogens is 272 g/mol. The SMILES string of the molecule is C=CC(=O)NNC(=O)C(=O)OCCCCCCCCCC. The molecule has 0 rings (SSSR count). The maximum atomic E-state index is 11.2. The largest absolute Gasteiger partial charge is 0.459 e. The van der Waals surface area contributed by atoms with Gasteiger partial charge in [0, 0.05) is 0 Å². The van der Waals surface area contributed by atoms with Crippen LogP contribution in [0.5, 0.6) is 0 Å². The molecule has 21 heavy (non-hydrogen) atoms. The molecule has 6 nitrogen and oxygen atoms in total. The Labute approximate surface area is 126 Å². The maximum absolute atomic E-state index is 11.2. The molecule has 0 aromatic carbocycles. The summed E-state index contributed by atoms with van der Waals surface area (Å²) < 4.78 is 4.79. The van der Waals surface area contributed by atoms with E-state index < -0.39 is 17.8 Å². The summed E-state index contributed by atoms with van der Waals surface area (Å²) in [5.74, 6) is -2.59. The molecule has 0 heterocycles. The van der Waals surface area contributed by atoms with Crippen molar-refractivity contribution in [1.29, 1.82) is 0 Å². The zero-order chi connectivity index (χ0) is 15.9. The standard InChI is InChI=1S/C15H26N2O4/c1-3-5-6-7-8-9-10-11-12-21-15(20)14(19)17-16-13(18)4-2/h4H,2-3,5-12H2,1H3,(H,16,18)(H,17,19). The molecule has 6 heteroatoms. The molecule has 0 saturated heterocycles. The molecule has 0 radical (unpaired) electrons. The number of hydrazine groups is 1. The minimum Gasteiger partial charge on any atom is -0.459 e. The third kappa shape index (κ3) is 11.7. The number of nitrogens with one attached hydrogen (secondary N) is 2. The lowest BCUT2D eigenvalue weighted by atomic mass is 10.1. The van der Waals surface area contributed by atoms with Gasteiger partial charge >= 0.3 is 11.9 Å². The molecule has 0 aromatic heterocycles. The van der Waals surface area contributed by atoms with E-state index in [1.807, 2.05) is 10.9 Å². The van der Waals surface area contributed by atoms with Crippen molar-refractivity contribution in [3.05, 3.63) is 12.7 Å². The molecule has 0 fully saturated rings. The van der Waals surface area contributed by atoms with E-state index >= 15 is 0 Å². The molecule has 0 atom stereocenters. The van der Waals surface area contributed by atoms with Gasteiger partial charge in [0.15, 0.2) is 0 Å². The third-order valence-corrected chi connectivity index (χ3v) is 2.90. The second-order valence-corrected chi connectivity index (χ2v) is 4.76. The first-order valence-corrected chi connectivity index (χ1v) is 7.51. The van der Waals surface area contributed by atoms with E-state index in [2.05, 4.69) is 13.5 Å². The normalized spacial score (nSPS) is 9.76. The lowest BCUT2D eigenvalue weighted by Crippen LogP contribution is -2.44. The Hall–Kier alpha value is -1.85. The molecular formula is C15H26N2O4. The average molecular weight is 298 g/mol. The van der Waals surface area contributed by atoms with E-state index in [0.717, 1.165) is 25.3 Å². The summed E-state index contributed by atoms with van der Waals surface area (Å²) in [6, 6.07) is 0. The van der Waals surface area contributed by atoms with Crippen molar-refractivity contribution in [2.45, 2.75) is 58.3 Å². The topological polar surface area (TPSA) is 84.5 Å². The van der Waals surface area contributed by atoms with Crippen LogP contribution in [-0.4, -0.2) is 24.4 Å². The molecule has 0 aliphatic carbocycles. The molecule has 0 aliphatic rings. The maximum Gasteiger partial charge on any atom is 0.398 e. The van der Waals surface area contributed by atoms with E-state index in [4.69, 9.17) is 4.74 Å². The van der Waals surface area contributed by atoms with Gasteiger partial charge in [-0.25, -0.2) is 4.79 Å². The van der Waals surface area contributed by atoms with E-state index in [1.165, 1.54) is 32.1 Å². The Balaban J connectivity index is 3.46. The first-order valence-electron chi connectivity index (χ1n) is 7.51. The predicted molar refractivity (Wildman–Crippen MR) is 80.1 cm³/mol. The number of ether oxygens (including phenoxy) is 1. The molecule has 0 spiro atoms. The molecule has 0 aliphatic heterocycles. The van der Waals surface area contributed by atoms with Gasteiger partial charge in [-0.05, 0) is 12.5 Å². The summed E-state index contributed by atoms with van der Waals surface area (Å²) in [6.07, 6.45) is 10.1. The van der Waals surface area contributed by atoms with E-state index in [9.17, 15) is 14.4 Å². The summed E-state index contributed by atoms with van der Waals surface area (Å²) in [5, 5.41) is 0. The van der Waals surface area contributed by atoms with Crippen LogP contribution in [0.15, 0.2) is 12.7 Å². The number of carbonyl (C=O) groups is 3. The van der Waals surface area contributed by atoms with Crippen molar-refractivity contribution < 1.29 is 19.1 Å². The minimum atomic E-state index is -0.998. The highest BCUT2D eigenvalue weighted by atomic mass is 16.5. The van der Waals surface area contributed by atoms with Crippen molar-refractivity contribution in [3.63, 3.8) is 0 Å². The van der Waals surface area contributed by atoms with Gasteiger partial charge < -0.3 is 4.74 Å². The van der Waals surface area contributed by atoms with Crippen LogP contribution < -0.4 is 10.9 Å². The van der Waals surface area contributed by atoms with Gasteiger partial charge in [-0.15, -0.1) is 0 Å². The highest BCUT2D eigenvalue weighted by Crippen LogP contribution is 2.08. The van der Waals surface area contributed by atoms with Gasteiger partial charge in [0.25, 0.3) is 5.91 Å². The molecule has 0 saturated carbocycles. The van der Waals surface area contributed by atoms with Gasteiger partial charge in [-0.3, -0.25) is 20.4 Å². The highest BCUT2D eigenvalue weighted by molar-refractivity contribution is 6.32. The zero-order valence-electron chi connectivity index (χ0n) is 12.8. The molecule has 0 unspecified atom stereocenters. The van der Waals surface area contributed by atoms with Gasteiger partial charge in [0.1, 0.15) is 0 Å². The Kier molecular flexibility index (Phi) is 12.0. The van der Waals surface area contributed by atoms with Gasteiger partial charge in [0.2, 0.25) is 0 Å². The molecule has 2 N–H and O–H groups in total. The number of hydrogen-bond acceptors (Lipinski definition) is 4. The Morgan fingerprint density at radius 3 is 2.10 bits per heavy atom. The van der Waals surface area contributed by atoms with Crippen molar-refractivity contribution >= 4 is 17.8 Å². The van der Waals surface area contributed by atoms with Gasteiger partial charge in [-0.1, -0.05) is 58.4 Å². The number of rotatable bonds is 10.